The molecular weight excluding hydrogens is 322 g/mol. The largest absolute Gasteiger partial charge is 0.353 e. The van der Waals surface area contributed by atoms with E-state index in [0.29, 0.717) is 18.4 Å². The van der Waals surface area contributed by atoms with E-state index in [4.69, 9.17) is 0 Å². The number of aryl methyl sites for hydroxylation is 1. The number of aromatic nitrogens is 2. The van der Waals surface area contributed by atoms with Crippen molar-refractivity contribution < 1.29 is 4.79 Å². The van der Waals surface area contributed by atoms with Crippen molar-refractivity contribution in [3.63, 3.8) is 0 Å². The lowest BCUT2D eigenvalue weighted by molar-refractivity contribution is -0.121. The van der Waals surface area contributed by atoms with Gasteiger partial charge in [0, 0.05) is 18.5 Å². The molecule has 0 bridgehead atoms. The lowest BCUT2D eigenvalue weighted by Crippen LogP contribution is -2.38. The van der Waals surface area contributed by atoms with Gasteiger partial charge in [-0.2, -0.15) is 5.10 Å². The maximum absolute atomic E-state index is 12.4. The molecule has 4 rings (SSSR count). The smallest absolute Gasteiger partial charge is 0.224 e. The molecule has 1 aliphatic carbocycles. The van der Waals surface area contributed by atoms with Crippen LogP contribution in [0.1, 0.15) is 42.7 Å². The molecule has 1 N–H and O–H groups in total. The lowest BCUT2D eigenvalue weighted by Gasteiger charge is -2.29. The molecule has 0 saturated heterocycles. The first-order valence-corrected chi connectivity index (χ1v) is 9.44. The van der Waals surface area contributed by atoms with E-state index in [-0.39, 0.29) is 5.91 Å². The molecule has 0 atom stereocenters. The van der Waals surface area contributed by atoms with Crippen molar-refractivity contribution in [3.8, 4) is 0 Å². The van der Waals surface area contributed by atoms with E-state index in [9.17, 15) is 4.79 Å². The van der Waals surface area contributed by atoms with E-state index in [0.717, 1.165) is 42.1 Å². The molecule has 0 unspecified atom stereocenters. The molecule has 4 nitrogen and oxygen atoms in total. The summed E-state index contributed by atoms with van der Waals surface area (Å²) in [6.07, 6.45) is 6.71. The first-order valence-electron chi connectivity index (χ1n) is 9.44. The first kappa shape index (κ1) is 16.8. The lowest BCUT2D eigenvalue weighted by atomic mass is 9.82. The molecule has 1 aromatic heterocycles. The number of carbonyl (C=O) groups excluding carboxylic acids is 1. The third-order valence-electron chi connectivity index (χ3n) is 5.54. The maximum Gasteiger partial charge on any atom is 0.224 e. The fourth-order valence-electron chi connectivity index (χ4n) is 4.08. The van der Waals surface area contributed by atoms with Crippen molar-refractivity contribution in [3.05, 3.63) is 65.9 Å². The van der Waals surface area contributed by atoms with Gasteiger partial charge in [-0.15, -0.1) is 0 Å². The van der Waals surface area contributed by atoms with Gasteiger partial charge in [0.2, 0.25) is 5.91 Å². The van der Waals surface area contributed by atoms with Crippen LogP contribution in [0.4, 0.5) is 0 Å². The van der Waals surface area contributed by atoms with Gasteiger partial charge in [0.05, 0.1) is 18.1 Å². The fourth-order valence-corrected chi connectivity index (χ4v) is 4.08. The van der Waals surface area contributed by atoms with Crippen LogP contribution < -0.4 is 5.32 Å². The summed E-state index contributed by atoms with van der Waals surface area (Å²) in [5.74, 6) is 0.758. The van der Waals surface area contributed by atoms with Crippen LogP contribution in [0.3, 0.4) is 0 Å². The van der Waals surface area contributed by atoms with Crippen molar-refractivity contribution in [1.82, 2.24) is 15.1 Å². The average molecular weight is 347 g/mol. The van der Waals surface area contributed by atoms with Gasteiger partial charge >= 0.3 is 0 Å². The van der Waals surface area contributed by atoms with E-state index < -0.39 is 0 Å². The van der Waals surface area contributed by atoms with Gasteiger partial charge in [0.25, 0.3) is 0 Å². The molecule has 1 amide bonds. The summed E-state index contributed by atoms with van der Waals surface area (Å²) in [6, 6.07) is 17.2. The van der Waals surface area contributed by atoms with Crippen molar-refractivity contribution in [2.45, 2.75) is 44.1 Å². The Hall–Kier alpha value is -2.62. The minimum atomic E-state index is 0.122. The van der Waals surface area contributed by atoms with Crippen LogP contribution in [-0.4, -0.2) is 21.7 Å². The van der Waals surface area contributed by atoms with Crippen LogP contribution >= 0.6 is 0 Å². The number of rotatable bonds is 4. The van der Waals surface area contributed by atoms with Gasteiger partial charge in [-0.25, -0.2) is 0 Å². The molecule has 26 heavy (non-hydrogen) atoms. The molecule has 0 radical (unpaired) electrons. The summed E-state index contributed by atoms with van der Waals surface area (Å²) in [5, 5.41) is 8.58. The second-order valence-corrected chi connectivity index (χ2v) is 7.36. The zero-order chi connectivity index (χ0) is 17.9. The molecule has 0 spiro atoms. The standard InChI is InChI=1S/C22H25N3O/c1-25-21-12-7-16(13-19(21)15-23-25)14-22(26)24-20-10-8-18(9-11-20)17-5-3-2-4-6-17/h2-7,12-13,15,18,20H,8-11,14H2,1H3,(H,24,26). The summed E-state index contributed by atoms with van der Waals surface area (Å²) < 4.78 is 1.85. The Labute approximate surface area is 154 Å². The highest BCUT2D eigenvalue weighted by Gasteiger charge is 2.23. The molecule has 3 aromatic rings. The predicted molar refractivity (Wildman–Crippen MR) is 104 cm³/mol. The molecule has 1 saturated carbocycles. The summed E-state index contributed by atoms with van der Waals surface area (Å²) >= 11 is 0. The molecule has 4 heteroatoms. The number of hydrogen-bond acceptors (Lipinski definition) is 2. The van der Waals surface area contributed by atoms with Crippen LogP contribution in [0.15, 0.2) is 54.7 Å². The van der Waals surface area contributed by atoms with Crippen molar-refractivity contribution >= 4 is 16.8 Å². The maximum atomic E-state index is 12.4. The molecular formula is C22H25N3O. The van der Waals surface area contributed by atoms with Crippen LogP contribution in [-0.2, 0) is 18.3 Å². The molecule has 134 valence electrons. The summed E-state index contributed by atoms with van der Waals surface area (Å²) in [5.41, 5.74) is 3.57. The van der Waals surface area contributed by atoms with Gasteiger partial charge in [-0.05, 0) is 54.9 Å². The van der Waals surface area contributed by atoms with Crippen molar-refractivity contribution in [1.29, 1.82) is 0 Å². The Balaban J connectivity index is 1.31. The zero-order valence-corrected chi connectivity index (χ0v) is 15.2. The summed E-state index contributed by atoms with van der Waals surface area (Å²) in [4.78, 5) is 12.4. The van der Waals surface area contributed by atoms with Crippen LogP contribution in [0.25, 0.3) is 10.9 Å². The molecule has 1 aliphatic rings. The number of benzene rings is 2. The van der Waals surface area contributed by atoms with Gasteiger partial charge in [-0.1, -0.05) is 36.4 Å². The summed E-state index contributed by atoms with van der Waals surface area (Å²) in [7, 11) is 1.93. The quantitative estimate of drug-likeness (QED) is 0.776. The number of amides is 1. The number of hydrogen-bond donors (Lipinski definition) is 1. The Bertz CT molecular complexity index is 892. The van der Waals surface area contributed by atoms with E-state index in [2.05, 4.69) is 46.8 Å². The first-order chi connectivity index (χ1) is 12.7. The SMILES string of the molecule is Cn1ncc2cc(CC(=O)NC3CCC(c4ccccc4)CC3)ccc21. The van der Waals surface area contributed by atoms with Gasteiger partial charge in [0.15, 0.2) is 0 Å². The van der Waals surface area contributed by atoms with Crippen LogP contribution in [0, 0.1) is 0 Å². The van der Waals surface area contributed by atoms with Gasteiger partial charge < -0.3 is 5.32 Å². The fraction of sp³-hybridized carbons (Fsp3) is 0.364. The highest BCUT2D eigenvalue weighted by Crippen LogP contribution is 2.32. The number of fused-ring (bicyclic) bond motifs is 1. The monoisotopic (exact) mass is 347 g/mol. The normalized spacial score (nSPS) is 20.2. The third kappa shape index (κ3) is 3.64. The van der Waals surface area contributed by atoms with E-state index in [1.807, 2.05) is 30.1 Å². The Morgan fingerprint density at radius 1 is 1.12 bits per heavy atom. The minimum absolute atomic E-state index is 0.122. The van der Waals surface area contributed by atoms with Crippen molar-refractivity contribution in [2.75, 3.05) is 0 Å². The van der Waals surface area contributed by atoms with Crippen LogP contribution in [0.5, 0.6) is 0 Å². The number of carbonyl (C=O) groups is 1. The average Bonchev–Trinajstić information content (AvgIpc) is 3.03. The van der Waals surface area contributed by atoms with E-state index in [1.165, 1.54) is 5.56 Å². The number of nitrogens with one attached hydrogen (secondary N) is 1. The highest BCUT2D eigenvalue weighted by atomic mass is 16.1. The van der Waals surface area contributed by atoms with Crippen molar-refractivity contribution in [2.24, 2.45) is 7.05 Å². The van der Waals surface area contributed by atoms with E-state index >= 15 is 0 Å². The van der Waals surface area contributed by atoms with E-state index in [1.54, 1.807) is 0 Å². The predicted octanol–water partition coefficient (Wildman–Crippen LogP) is 3.96. The molecule has 2 aromatic carbocycles. The zero-order valence-electron chi connectivity index (χ0n) is 15.2. The third-order valence-corrected chi connectivity index (χ3v) is 5.54. The minimum Gasteiger partial charge on any atom is -0.353 e. The molecule has 1 heterocycles. The molecule has 0 aliphatic heterocycles. The van der Waals surface area contributed by atoms with Gasteiger partial charge in [0.1, 0.15) is 0 Å². The Kier molecular flexibility index (Phi) is 4.74. The Morgan fingerprint density at radius 3 is 2.65 bits per heavy atom. The summed E-state index contributed by atoms with van der Waals surface area (Å²) in [6.45, 7) is 0. The second kappa shape index (κ2) is 7.32. The number of nitrogens with zero attached hydrogens (tertiary/aromatic N) is 2. The van der Waals surface area contributed by atoms with Crippen LogP contribution in [0.2, 0.25) is 0 Å². The van der Waals surface area contributed by atoms with Gasteiger partial charge in [-0.3, -0.25) is 9.48 Å². The topological polar surface area (TPSA) is 46.9 Å². The Morgan fingerprint density at radius 2 is 1.88 bits per heavy atom. The molecule has 1 fully saturated rings. The second-order valence-electron chi connectivity index (χ2n) is 7.36. The highest BCUT2D eigenvalue weighted by molar-refractivity contribution is 5.83.